The SMILES string of the molecule is COCc1nncn1C1CCN(S(=O)(=O)c2ccc(OC)c(Cl)c2)CC1. The summed E-state index contributed by atoms with van der Waals surface area (Å²) in [5.41, 5.74) is 0. The van der Waals surface area contributed by atoms with Gasteiger partial charge in [-0.15, -0.1) is 10.2 Å². The Morgan fingerprint density at radius 2 is 2.00 bits per heavy atom. The van der Waals surface area contributed by atoms with Crippen LogP contribution in [0.2, 0.25) is 5.02 Å². The first-order valence-electron chi connectivity index (χ1n) is 8.18. The Hall–Kier alpha value is -1.68. The van der Waals surface area contributed by atoms with Gasteiger partial charge >= 0.3 is 0 Å². The second-order valence-corrected chi connectivity index (χ2v) is 8.36. The van der Waals surface area contributed by atoms with Crippen LogP contribution in [0.5, 0.6) is 5.75 Å². The molecule has 0 spiro atoms. The number of nitrogens with zero attached hydrogens (tertiary/aromatic N) is 4. The van der Waals surface area contributed by atoms with Gasteiger partial charge in [0, 0.05) is 26.2 Å². The minimum atomic E-state index is -3.59. The summed E-state index contributed by atoms with van der Waals surface area (Å²) in [4.78, 5) is 0.172. The van der Waals surface area contributed by atoms with E-state index in [9.17, 15) is 8.42 Å². The van der Waals surface area contributed by atoms with Crippen LogP contribution in [0.15, 0.2) is 29.4 Å². The Labute approximate surface area is 157 Å². The van der Waals surface area contributed by atoms with Crippen molar-refractivity contribution in [3.05, 3.63) is 35.4 Å². The van der Waals surface area contributed by atoms with Crippen molar-refractivity contribution in [2.75, 3.05) is 27.3 Å². The number of ether oxygens (including phenoxy) is 2. The second-order valence-electron chi connectivity index (χ2n) is 6.02. The van der Waals surface area contributed by atoms with Crippen LogP contribution in [0, 0.1) is 0 Å². The maximum absolute atomic E-state index is 12.9. The van der Waals surface area contributed by atoms with Gasteiger partial charge in [0.25, 0.3) is 0 Å². The molecule has 0 aliphatic carbocycles. The molecule has 0 atom stereocenters. The van der Waals surface area contributed by atoms with E-state index in [1.807, 2.05) is 4.57 Å². The van der Waals surface area contributed by atoms with Crippen LogP contribution < -0.4 is 4.74 Å². The molecule has 1 aromatic heterocycles. The number of benzene rings is 1. The molecule has 1 aromatic carbocycles. The summed E-state index contributed by atoms with van der Waals surface area (Å²) in [5.74, 6) is 1.19. The van der Waals surface area contributed by atoms with Gasteiger partial charge in [0.1, 0.15) is 18.7 Å². The Balaban J connectivity index is 1.72. The molecule has 0 bridgehead atoms. The zero-order valence-corrected chi connectivity index (χ0v) is 16.2. The van der Waals surface area contributed by atoms with E-state index >= 15 is 0 Å². The van der Waals surface area contributed by atoms with Crippen molar-refractivity contribution in [1.82, 2.24) is 19.1 Å². The molecule has 26 heavy (non-hydrogen) atoms. The van der Waals surface area contributed by atoms with E-state index in [4.69, 9.17) is 21.1 Å². The fraction of sp³-hybridized carbons (Fsp3) is 0.500. The van der Waals surface area contributed by atoms with E-state index in [1.54, 1.807) is 19.5 Å². The van der Waals surface area contributed by atoms with Crippen LogP contribution >= 0.6 is 11.6 Å². The van der Waals surface area contributed by atoms with Gasteiger partial charge in [-0.05, 0) is 31.0 Å². The summed E-state index contributed by atoms with van der Waals surface area (Å²) in [6.45, 7) is 1.21. The molecule has 0 N–H and O–H groups in total. The molecule has 1 saturated heterocycles. The van der Waals surface area contributed by atoms with Gasteiger partial charge in [-0.25, -0.2) is 8.42 Å². The van der Waals surface area contributed by atoms with E-state index in [0.29, 0.717) is 38.3 Å². The molecule has 0 amide bonds. The first-order chi connectivity index (χ1) is 12.5. The standard InChI is InChI=1S/C16H21ClN4O4S/c1-24-10-16-19-18-11-21(16)12-5-7-20(8-6-12)26(22,23)13-3-4-15(25-2)14(17)9-13/h3-4,9,11-12H,5-8,10H2,1-2H3. The van der Waals surface area contributed by atoms with Crippen molar-refractivity contribution >= 4 is 21.6 Å². The minimum Gasteiger partial charge on any atom is -0.495 e. The molecule has 2 aromatic rings. The lowest BCUT2D eigenvalue weighted by Crippen LogP contribution is -2.39. The average Bonchev–Trinajstić information content (AvgIpc) is 3.10. The lowest BCUT2D eigenvalue weighted by atomic mass is 10.1. The molecule has 0 unspecified atom stereocenters. The number of hydrogen-bond acceptors (Lipinski definition) is 6. The highest BCUT2D eigenvalue weighted by Gasteiger charge is 2.31. The quantitative estimate of drug-likeness (QED) is 0.738. The van der Waals surface area contributed by atoms with E-state index in [1.165, 1.54) is 23.5 Å². The number of hydrogen-bond donors (Lipinski definition) is 0. The van der Waals surface area contributed by atoms with Gasteiger partial charge < -0.3 is 14.0 Å². The number of piperidine rings is 1. The average molecular weight is 401 g/mol. The number of aromatic nitrogens is 3. The van der Waals surface area contributed by atoms with Gasteiger partial charge in [-0.3, -0.25) is 0 Å². The van der Waals surface area contributed by atoms with Crippen LogP contribution in [0.1, 0.15) is 24.7 Å². The predicted molar refractivity (Wildman–Crippen MR) is 95.8 cm³/mol. The minimum absolute atomic E-state index is 0.154. The normalized spacial score (nSPS) is 16.7. The Kier molecular flexibility index (Phi) is 5.81. The highest BCUT2D eigenvalue weighted by Crippen LogP contribution is 2.31. The monoisotopic (exact) mass is 400 g/mol. The Morgan fingerprint density at radius 3 is 2.62 bits per heavy atom. The summed E-state index contributed by atoms with van der Waals surface area (Å²) in [6, 6.07) is 4.66. The molecule has 3 rings (SSSR count). The smallest absolute Gasteiger partial charge is 0.243 e. The highest BCUT2D eigenvalue weighted by molar-refractivity contribution is 7.89. The van der Waals surface area contributed by atoms with Gasteiger partial charge in [0.05, 0.1) is 17.0 Å². The first-order valence-corrected chi connectivity index (χ1v) is 10.00. The van der Waals surface area contributed by atoms with Crippen molar-refractivity contribution in [2.45, 2.75) is 30.4 Å². The zero-order valence-electron chi connectivity index (χ0n) is 14.6. The van der Waals surface area contributed by atoms with Gasteiger partial charge in [0.15, 0.2) is 5.82 Å². The van der Waals surface area contributed by atoms with Crippen LogP contribution in [0.4, 0.5) is 0 Å². The van der Waals surface area contributed by atoms with E-state index < -0.39 is 10.0 Å². The molecule has 0 saturated carbocycles. The van der Waals surface area contributed by atoms with E-state index in [2.05, 4.69) is 10.2 Å². The first kappa shape index (κ1) is 19.1. The molecule has 1 aliphatic rings. The maximum Gasteiger partial charge on any atom is 0.243 e. The molecular formula is C16H21ClN4O4S. The molecule has 8 nitrogen and oxygen atoms in total. The fourth-order valence-corrected chi connectivity index (χ4v) is 4.94. The molecule has 142 valence electrons. The molecule has 1 aliphatic heterocycles. The fourth-order valence-electron chi connectivity index (χ4n) is 3.12. The van der Waals surface area contributed by atoms with Crippen molar-refractivity contribution in [3.8, 4) is 5.75 Å². The van der Waals surface area contributed by atoms with Gasteiger partial charge in [-0.2, -0.15) is 4.31 Å². The Morgan fingerprint density at radius 1 is 1.27 bits per heavy atom. The predicted octanol–water partition coefficient (Wildman–Crippen LogP) is 2.11. The summed E-state index contributed by atoms with van der Waals surface area (Å²) in [6.07, 6.45) is 3.03. The summed E-state index contributed by atoms with van der Waals surface area (Å²) < 4.78 is 39.4. The molecule has 0 radical (unpaired) electrons. The van der Waals surface area contributed by atoms with Crippen molar-refractivity contribution in [2.24, 2.45) is 0 Å². The lowest BCUT2D eigenvalue weighted by Gasteiger charge is -2.32. The molecule has 1 fully saturated rings. The second kappa shape index (κ2) is 7.91. The molecular weight excluding hydrogens is 380 g/mol. The Bertz CT molecular complexity index is 863. The van der Waals surface area contributed by atoms with Crippen LogP contribution in [0.3, 0.4) is 0 Å². The number of sulfonamides is 1. The molecule has 2 heterocycles. The summed E-state index contributed by atoms with van der Waals surface area (Å²) in [5, 5.41) is 8.26. The van der Waals surface area contributed by atoms with Crippen molar-refractivity contribution in [1.29, 1.82) is 0 Å². The van der Waals surface area contributed by atoms with Crippen LogP contribution in [-0.4, -0.2) is 54.8 Å². The lowest BCUT2D eigenvalue weighted by molar-refractivity contribution is 0.167. The van der Waals surface area contributed by atoms with E-state index in [0.717, 1.165) is 5.82 Å². The summed E-state index contributed by atoms with van der Waals surface area (Å²) in [7, 11) is -0.500. The topological polar surface area (TPSA) is 86.6 Å². The highest BCUT2D eigenvalue weighted by atomic mass is 35.5. The maximum atomic E-state index is 12.9. The summed E-state index contributed by atoms with van der Waals surface area (Å²) >= 11 is 6.08. The van der Waals surface area contributed by atoms with Crippen LogP contribution in [0.25, 0.3) is 0 Å². The zero-order chi connectivity index (χ0) is 18.7. The largest absolute Gasteiger partial charge is 0.495 e. The molecule has 10 heteroatoms. The number of methoxy groups -OCH3 is 2. The third-order valence-corrected chi connectivity index (χ3v) is 6.69. The van der Waals surface area contributed by atoms with Crippen LogP contribution in [-0.2, 0) is 21.4 Å². The van der Waals surface area contributed by atoms with Crippen molar-refractivity contribution in [3.63, 3.8) is 0 Å². The van der Waals surface area contributed by atoms with Gasteiger partial charge in [-0.1, -0.05) is 11.6 Å². The third-order valence-electron chi connectivity index (χ3n) is 4.50. The number of halogens is 1. The third kappa shape index (κ3) is 3.71. The van der Waals surface area contributed by atoms with Crippen molar-refractivity contribution < 1.29 is 17.9 Å². The number of rotatable bonds is 6. The van der Waals surface area contributed by atoms with E-state index in [-0.39, 0.29) is 16.0 Å². The van der Waals surface area contributed by atoms with Gasteiger partial charge in [0.2, 0.25) is 10.0 Å².